The van der Waals surface area contributed by atoms with Crippen molar-refractivity contribution in [2.24, 2.45) is 0 Å². The van der Waals surface area contributed by atoms with E-state index in [2.05, 4.69) is 14.2 Å². The van der Waals surface area contributed by atoms with E-state index in [1.807, 2.05) is 0 Å². The number of halogens is 4. The molecule has 1 heterocycles. The van der Waals surface area contributed by atoms with Crippen molar-refractivity contribution >= 4 is 70.3 Å². The predicted octanol–water partition coefficient (Wildman–Crippen LogP) is 2.67. The Bertz CT molecular complexity index is 1070. The Morgan fingerprint density at radius 3 is 1.24 bits per heavy atom. The zero-order valence-corrected chi connectivity index (χ0v) is 23.8. The first-order valence-electron chi connectivity index (χ1n) is 10.0. The molecule has 1 aliphatic heterocycles. The molecule has 0 spiro atoms. The van der Waals surface area contributed by atoms with E-state index in [-0.39, 0.29) is 66.7 Å². The SMILES string of the molecule is C1CCOC1.COC(=O)c1c(Cl)cc(C(=O)O)cc1Cl.COC(=O)c1cc(Cl)c(C(=O)OC)c(Cl)c1.[Li+].[OH-]. The molecule has 0 aromatic heterocycles. The maximum absolute atomic E-state index is 11.3. The van der Waals surface area contributed by atoms with Gasteiger partial charge in [-0.3, -0.25) is 0 Å². The maximum atomic E-state index is 11.3. The summed E-state index contributed by atoms with van der Waals surface area (Å²) in [5.41, 5.74) is 0.0760. The third-order valence-corrected chi connectivity index (χ3v) is 5.55. The van der Waals surface area contributed by atoms with Crippen molar-refractivity contribution in [3.63, 3.8) is 0 Å². The molecule has 1 fully saturated rings. The van der Waals surface area contributed by atoms with Gasteiger partial charge in [-0.25, -0.2) is 19.2 Å². The summed E-state index contributed by atoms with van der Waals surface area (Å²) in [5, 5.41) is 8.67. The van der Waals surface area contributed by atoms with Crippen LogP contribution in [0.25, 0.3) is 0 Å². The van der Waals surface area contributed by atoms with E-state index in [4.69, 9.17) is 56.2 Å². The fourth-order valence-electron chi connectivity index (χ4n) is 2.61. The summed E-state index contributed by atoms with van der Waals surface area (Å²) in [6.07, 6.45) is 2.56. The number of rotatable bonds is 4. The number of carboxylic acids is 1. The van der Waals surface area contributed by atoms with Crippen molar-refractivity contribution in [3.8, 4) is 0 Å². The molecule has 0 amide bonds. The first kappa shape index (κ1) is 38.1. The number of esters is 3. The van der Waals surface area contributed by atoms with Gasteiger partial charge in [-0.15, -0.1) is 0 Å². The zero-order chi connectivity index (χ0) is 27.4. The van der Waals surface area contributed by atoms with Crippen LogP contribution in [0.15, 0.2) is 24.3 Å². The van der Waals surface area contributed by atoms with Crippen LogP contribution in [-0.4, -0.2) is 69.0 Å². The number of carboxylic acid groups (broad SMARTS) is 1. The quantitative estimate of drug-likeness (QED) is 0.311. The fraction of sp³-hybridized carbons (Fsp3) is 0.304. The first-order chi connectivity index (χ1) is 17.0. The molecule has 2 aromatic carbocycles. The monoisotopic (exact) mass is 606 g/mol. The summed E-state index contributed by atoms with van der Waals surface area (Å²) in [4.78, 5) is 44.3. The second-order valence-electron chi connectivity index (χ2n) is 6.73. The molecule has 2 N–H and O–H groups in total. The van der Waals surface area contributed by atoms with Crippen molar-refractivity contribution in [1.29, 1.82) is 0 Å². The number of benzene rings is 2. The minimum Gasteiger partial charge on any atom is -0.870 e. The molecule has 204 valence electrons. The molecule has 38 heavy (non-hydrogen) atoms. The number of methoxy groups -OCH3 is 3. The van der Waals surface area contributed by atoms with Crippen molar-refractivity contribution < 1.29 is 67.6 Å². The van der Waals surface area contributed by atoms with E-state index >= 15 is 0 Å². The minimum absolute atomic E-state index is 0. The van der Waals surface area contributed by atoms with Gasteiger partial charge < -0.3 is 29.5 Å². The fourth-order valence-corrected chi connectivity index (χ4v) is 3.89. The number of hydrogen-bond donors (Lipinski definition) is 1. The third kappa shape index (κ3) is 11.4. The van der Waals surface area contributed by atoms with E-state index in [9.17, 15) is 19.2 Å². The van der Waals surface area contributed by atoms with Gasteiger partial charge in [0, 0.05) is 13.2 Å². The molecule has 0 radical (unpaired) electrons. The van der Waals surface area contributed by atoms with Crippen LogP contribution in [0.1, 0.15) is 54.3 Å². The molecule has 0 saturated carbocycles. The van der Waals surface area contributed by atoms with Crippen LogP contribution in [0.3, 0.4) is 0 Å². The van der Waals surface area contributed by atoms with Crippen LogP contribution in [0.5, 0.6) is 0 Å². The molecule has 0 aliphatic carbocycles. The van der Waals surface area contributed by atoms with Crippen LogP contribution >= 0.6 is 46.4 Å². The molecule has 1 aliphatic rings. The van der Waals surface area contributed by atoms with Gasteiger partial charge in [0.25, 0.3) is 0 Å². The molecule has 10 nitrogen and oxygen atoms in total. The first-order valence-corrected chi connectivity index (χ1v) is 11.5. The van der Waals surface area contributed by atoms with Crippen LogP contribution in [0.2, 0.25) is 20.1 Å². The van der Waals surface area contributed by atoms with Crippen LogP contribution in [0, 0.1) is 0 Å². The molecule has 1 saturated heterocycles. The van der Waals surface area contributed by atoms with Crippen LogP contribution in [-0.2, 0) is 18.9 Å². The Kier molecular flexibility index (Phi) is 19.2. The molecular formula is C23H23Cl4LiO10. The Morgan fingerprint density at radius 1 is 0.684 bits per heavy atom. The summed E-state index contributed by atoms with van der Waals surface area (Å²) < 4.78 is 18.4. The predicted molar refractivity (Wildman–Crippen MR) is 136 cm³/mol. The molecule has 15 heteroatoms. The van der Waals surface area contributed by atoms with Gasteiger partial charge in [0.1, 0.15) is 0 Å². The largest absolute Gasteiger partial charge is 1.00 e. The van der Waals surface area contributed by atoms with Crippen molar-refractivity contribution in [1.82, 2.24) is 0 Å². The van der Waals surface area contributed by atoms with E-state index in [1.165, 1.54) is 46.3 Å². The summed E-state index contributed by atoms with van der Waals surface area (Å²) in [7, 11) is 3.63. The molecule has 3 rings (SSSR count). The standard InChI is InChI=1S/C10H8Cl2O4.C9H6Cl2O4.C4H8O.Li.H2O/c1-15-9(13)5-3-6(11)8(7(12)4-5)10(14)16-2;1-15-9(14)7-5(10)2-4(8(12)13)3-6(7)11;1-2-4-5-3-1;;/h3-4H,1-2H3;2-3H,1H3,(H,12,13);1-4H2;;1H2/q;;;+1;/p-1. The van der Waals surface area contributed by atoms with Gasteiger partial charge in [-0.05, 0) is 37.1 Å². The van der Waals surface area contributed by atoms with Crippen LogP contribution < -0.4 is 18.9 Å². The molecule has 0 bridgehead atoms. The van der Waals surface area contributed by atoms with Gasteiger partial charge in [0.15, 0.2) is 0 Å². The van der Waals surface area contributed by atoms with Gasteiger partial charge in [0.05, 0.1) is 63.7 Å². The van der Waals surface area contributed by atoms with Crippen molar-refractivity contribution in [2.75, 3.05) is 34.5 Å². The van der Waals surface area contributed by atoms with E-state index in [1.54, 1.807) is 0 Å². The second-order valence-corrected chi connectivity index (χ2v) is 8.36. The summed E-state index contributed by atoms with van der Waals surface area (Å²) in [5.74, 6) is -3.12. The minimum atomic E-state index is -1.17. The Labute approximate surface area is 250 Å². The summed E-state index contributed by atoms with van der Waals surface area (Å²) >= 11 is 23.0. The van der Waals surface area contributed by atoms with Crippen LogP contribution in [0.4, 0.5) is 0 Å². The van der Waals surface area contributed by atoms with Gasteiger partial charge in [-0.1, -0.05) is 46.4 Å². The average Bonchev–Trinajstić information content (AvgIpc) is 3.43. The average molecular weight is 608 g/mol. The molecular weight excluding hydrogens is 585 g/mol. The Balaban J connectivity index is 0. The van der Waals surface area contributed by atoms with Gasteiger partial charge in [-0.2, -0.15) is 0 Å². The number of hydrogen-bond acceptors (Lipinski definition) is 9. The topological polar surface area (TPSA) is 155 Å². The number of ether oxygens (including phenoxy) is 4. The second kappa shape index (κ2) is 19.1. The summed E-state index contributed by atoms with van der Waals surface area (Å²) in [6, 6.07) is 4.88. The van der Waals surface area contributed by atoms with Gasteiger partial charge in [0.2, 0.25) is 0 Å². The number of aromatic carboxylic acids is 1. The van der Waals surface area contributed by atoms with E-state index in [0.717, 1.165) is 25.3 Å². The maximum Gasteiger partial charge on any atom is 1.00 e. The van der Waals surface area contributed by atoms with Crippen molar-refractivity contribution in [3.05, 3.63) is 66.6 Å². The summed E-state index contributed by atoms with van der Waals surface area (Å²) in [6.45, 7) is 2.00. The zero-order valence-electron chi connectivity index (χ0n) is 20.8. The number of carbonyl (C=O) groups is 4. The smallest absolute Gasteiger partial charge is 0.870 e. The van der Waals surface area contributed by atoms with Gasteiger partial charge >= 0.3 is 42.7 Å². The Hall–Kier alpha value is -2.00. The molecule has 0 atom stereocenters. The van der Waals surface area contributed by atoms with E-state index < -0.39 is 23.9 Å². The molecule has 0 unspecified atom stereocenters. The Morgan fingerprint density at radius 2 is 1.00 bits per heavy atom. The van der Waals surface area contributed by atoms with Crippen molar-refractivity contribution in [2.45, 2.75) is 12.8 Å². The molecule has 2 aromatic rings. The third-order valence-electron chi connectivity index (χ3n) is 4.36. The van der Waals surface area contributed by atoms with E-state index in [0.29, 0.717) is 0 Å². The normalized spacial score (nSPS) is 11.1. The number of carbonyl (C=O) groups excluding carboxylic acids is 3.